The molecule has 0 saturated carbocycles. The molecule has 0 heterocycles. The standard InChI is InChI=1S/C32H34Br2N2O6S2/c1-23-3-15-29(16-4-23)43(39,40)35(21-31(37)25-7-11-27(33)12-8-25)19-20-36(22-32(38)26-9-13-28(34)14-10-26)44(41,42)30-17-5-24(2)6-18-30/h3-18,31-32,37-38H,19-22H2,1-2H3. The zero-order valence-electron chi connectivity index (χ0n) is 24.2. The number of sulfonamides is 2. The average Bonchev–Trinajstić information content (AvgIpc) is 2.99. The molecule has 0 spiro atoms. The minimum absolute atomic E-state index is 0.0222. The van der Waals surface area contributed by atoms with Crippen molar-refractivity contribution in [3.05, 3.63) is 128 Å². The molecule has 4 rings (SSSR count). The first-order chi connectivity index (χ1) is 20.8. The average molecular weight is 767 g/mol. The fourth-order valence-electron chi connectivity index (χ4n) is 4.53. The zero-order chi connectivity index (χ0) is 32.1. The second-order valence-electron chi connectivity index (χ2n) is 10.5. The van der Waals surface area contributed by atoms with E-state index in [0.29, 0.717) is 11.1 Å². The molecule has 234 valence electrons. The van der Waals surface area contributed by atoms with E-state index in [9.17, 15) is 27.0 Å². The number of rotatable bonds is 13. The van der Waals surface area contributed by atoms with E-state index in [4.69, 9.17) is 0 Å². The van der Waals surface area contributed by atoms with Crippen molar-refractivity contribution in [1.82, 2.24) is 8.61 Å². The summed E-state index contributed by atoms with van der Waals surface area (Å²) in [6.45, 7) is 2.51. The normalized spacial score (nSPS) is 13.7. The fraction of sp³-hybridized carbons (Fsp3) is 0.250. The first-order valence-electron chi connectivity index (χ1n) is 13.8. The number of aliphatic hydroxyl groups is 2. The van der Waals surface area contributed by atoms with Crippen molar-refractivity contribution in [3.63, 3.8) is 0 Å². The SMILES string of the molecule is Cc1ccc(S(=O)(=O)N(CCN(CC(O)c2ccc(Br)cc2)S(=O)(=O)c2ccc(C)cc2)CC(O)c2ccc(Br)cc2)cc1. The van der Waals surface area contributed by atoms with Gasteiger partial charge in [0.25, 0.3) is 0 Å². The van der Waals surface area contributed by atoms with Crippen molar-refractivity contribution < 1.29 is 27.0 Å². The van der Waals surface area contributed by atoms with E-state index in [1.54, 1.807) is 72.8 Å². The maximum Gasteiger partial charge on any atom is 0.243 e. The van der Waals surface area contributed by atoms with Crippen molar-refractivity contribution in [2.24, 2.45) is 0 Å². The van der Waals surface area contributed by atoms with Crippen LogP contribution in [-0.4, -0.2) is 61.8 Å². The molecule has 0 fully saturated rings. The van der Waals surface area contributed by atoms with Crippen LogP contribution in [0.3, 0.4) is 0 Å². The van der Waals surface area contributed by atoms with E-state index in [-0.39, 0.29) is 36.0 Å². The van der Waals surface area contributed by atoms with E-state index < -0.39 is 32.3 Å². The van der Waals surface area contributed by atoms with Crippen molar-refractivity contribution in [1.29, 1.82) is 0 Å². The van der Waals surface area contributed by atoms with Gasteiger partial charge >= 0.3 is 0 Å². The largest absolute Gasteiger partial charge is 0.387 e. The predicted molar refractivity (Wildman–Crippen MR) is 178 cm³/mol. The maximum absolute atomic E-state index is 13.9. The van der Waals surface area contributed by atoms with Crippen LogP contribution in [0.25, 0.3) is 0 Å². The van der Waals surface area contributed by atoms with E-state index in [0.717, 1.165) is 28.7 Å². The molecule has 44 heavy (non-hydrogen) atoms. The Labute approximate surface area is 276 Å². The Bertz CT molecular complexity index is 1620. The quantitative estimate of drug-likeness (QED) is 0.173. The summed E-state index contributed by atoms with van der Waals surface area (Å²) < 4.78 is 59.4. The third kappa shape index (κ3) is 8.64. The Balaban J connectivity index is 1.68. The van der Waals surface area contributed by atoms with Crippen LogP contribution in [0, 0.1) is 13.8 Å². The van der Waals surface area contributed by atoms with E-state index >= 15 is 0 Å². The lowest BCUT2D eigenvalue weighted by Crippen LogP contribution is -2.43. The Kier molecular flexibility index (Phi) is 11.6. The molecular weight excluding hydrogens is 732 g/mol. The van der Waals surface area contributed by atoms with E-state index in [1.807, 2.05) is 13.8 Å². The van der Waals surface area contributed by atoms with Gasteiger partial charge in [-0.2, -0.15) is 8.61 Å². The number of aryl methyl sites for hydroxylation is 2. The third-order valence-corrected chi connectivity index (χ3v) is 12.0. The van der Waals surface area contributed by atoms with Gasteiger partial charge < -0.3 is 10.2 Å². The summed E-state index contributed by atoms with van der Waals surface area (Å²) in [6.07, 6.45) is -2.36. The summed E-state index contributed by atoms with van der Waals surface area (Å²) in [6, 6.07) is 26.4. The van der Waals surface area contributed by atoms with Gasteiger partial charge in [-0.15, -0.1) is 0 Å². The molecule has 0 aliphatic rings. The molecule has 2 N–H and O–H groups in total. The topological polar surface area (TPSA) is 115 Å². The van der Waals surface area contributed by atoms with Crippen molar-refractivity contribution in [3.8, 4) is 0 Å². The van der Waals surface area contributed by atoms with Gasteiger partial charge in [0.2, 0.25) is 20.0 Å². The van der Waals surface area contributed by atoms with Gasteiger partial charge in [0, 0.05) is 35.1 Å². The lowest BCUT2D eigenvalue weighted by molar-refractivity contribution is 0.133. The van der Waals surface area contributed by atoms with Gasteiger partial charge in [0.15, 0.2) is 0 Å². The van der Waals surface area contributed by atoms with Crippen LogP contribution < -0.4 is 0 Å². The lowest BCUT2D eigenvalue weighted by atomic mass is 10.1. The Morgan fingerprint density at radius 2 is 0.841 bits per heavy atom. The molecule has 4 aromatic carbocycles. The highest BCUT2D eigenvalue weighted by Crippen LogP contribution is 2.26. The number of nitrogens with zero attached hydrogens (tertiary/aromatic N) is 2. The lowest BCUT2D eigenvalue weighted by Gasteiger charge is -2.30. The van der Waals surface area contributed by atoms with Crippen molar-refractivity contribution in [2.45, 2.75) is 35.8 Å². The molecule has 0 radical (unpaired) electrons. The summed E-state index contributed by atoms with van der Waals surface area (Å²) in [5, 5.41) is 22.2. The van der Waals surface area contributed by atoms with Crippen LogP contribution >= 0.6 is 31.9 Å². The number of aliphatic hydroxyl groups excluding tert-OH is 2. The van der Waals surface area contributed by atoms with Gasteiger partial charge in [0.1, 0.15) is 0 Å². The number of hydrogen-bond acceptors (Lipinski definition) is 6. The second-order valence-corrected chi connectivity index (χ2v) is 16.2. The highest BCUT2D eigenvalue weighted by Gasteiger charge is 2.32. The van der Waals surface area contributed by atoms with Gasteiger partial charge in [0.05, 0.1) is 22.0 Å². The maximum atomic E-state index is 13.9. The van der Waals surface area contributed by atoms with Crippen LogP contribution in [0.2, 0.25) is 0 Å². The first-order valence-corrected chi connectivity index (χ1v) is 18.2. The molecular formula is C32H34Br2N2O6S2. The van der Waals surface area contributed by atoms with Crippen molar-refractivity contribution >= 4 is 51.9 Å². The summed E-state index contributed by atoms with van der Waals surface area (Å²) in [5.41, 5.74) is 2.77. The Morgan fingerprint density at radius 3 is 1.14 bits per heavy atom. The molecule has 0 bridgehead atoms. The van der Waals surface area contributed by atoms with E-state index in [1.165, 1.54) is 24.3 Å². The van der Waals surface area contributed by atoms with E-state index in [2.05, 4.69) is 31.9 Å². The molecule has 0 saturated heterocycles. The van der Waals surface area contributed by atoms with Crippen molar-refractivity contribution in [2.75, 3.05) is 26.2 Å². The van der Waals surface area contributed by atoms with Crippen LogP contribution in [0.15, 0.2) is 116 Å². The molecule has 0 aliphatic carbocycles. The molecule has 0 amide bonds. The summed E-state index contributed by atoms with van der Waals surface area (Å²) in [5.74, 6) is 0. The van der Waals surface area contributed by atoms with Crippen LogP contribution in [-0.2, 0) is 20.0 Å². The predicted octanol–water partition coefficient (Wildman–Crippen LogP) is 5.98. The van der Waals surface area contributed by atoms with Gasteiger partial charge in [-0.3, -0.25) is 0 Å². The minimum Gasteiger partial charge on any atom is -0.387 e. The third-order valence-electron chi connectivity index (χ3n) is 7.18. The van der Waals surface area contributed by atoms with Crippen LogP contribution in [0.5, 0.6) is 0 Å². The van der Waals surface area contributed by atoms with Gasteiger partial charge in [-0.1, -0.05) is 91.5 Å². The Morgan fingerprint density at radius 1 is 0.545 bits per heavy atom. The van der Waals surface area contributed by atoms with Gasteiger partial charge in [-0.25, -0.2) is 16.8 Å². The fourth-order valence-corrected chi connectivity index (χ4v) is 7.93. The zero-order valence-corrected chi connectivity index (χ0v) is 29.0. The van der Waals surface area contributed by atoms with Crippen LogP contribution in [0.4, 0.5) is 0 Å². The molecule has 8 nitrogen and oxygen atoms in total. The molecule has 2 unspecified atom stereocenters. The van der Waals surface area contributed by atoms with Crippen LogP contribution in [0.1, 0.15) is 34.5 Å². The molecule has 4 aromatic rings. The molecule has 2 atom stereocenters. The first kappa shape index (κ1) is 34.5. The summed E-state index contributed by atoms with van der Waals surface area (Å²) >= 11 is 6.73. The monoisotopic (exact) mass is 764 g/mol. The Hall–Kier alpha value is -2.42. The number of halogens is 2. The number of hydrogen-bond donors (Lipinski definition) is 2. The number of benzene rings is 4. The summed E-state index contributed by atoms with van der Waals surface area (Å²) in [7, 11) is -8.30. The van der Waals surface area contributed by atoms with Gasteiger partial charge in [-0.05, 0) is 73.5 Å². The minimum atomic E-state index is -4.15. The highest BCUT2D eigenvalue weighted by atomic mass is 79.9. The molecule has 0 aromatic heterocycles. The highest BCUT2D eigenvalue weighted by molar-refractivity contribution is 9.10. The molecule has 12 heteroatoms. The summed E-state index contributed by atoms with van der Waals surface area (Å²) in [4.78, 5) is 0.0443. The molecule has 0 aliphatic heterocycles. The smallest absolute Gasteiger partial charge is 0.243 e. The second kappa shape index (κ2) is 14.8.